The molecule has 4 heteroatoms. The molecule has 0 spiro atoms. The first kappa shape index (κ1) is 14.9. The van der Waals surface area contributed by atoms with Crippen LogP contribution >= 0.6 is 0 Å². The second kappa shape index (κ2) is 6.27. The summed E-state index contributed by atoms with van der Waals surface area (Å²) in [4.78, 5) is 14.2. The number of nitrogen functional groups attached to an aromatic ring is 1. The molecule has 2 unspecified atom stereocenters. The molecule has 1 aliphatic rings. The molecule has 1 aromatic carbocycles. The number of nitrogens with two attached hydrogens (primary N) is 1. The predicted octanol–water partition coefficient (Wildman–Crippen LogP) is 2.49. The fraction of sp³-hybridized carbons (Fsp3) is 0.562. The molecule has 0 radical (unpaired) electrons. The molecule has 0 aliphatic heterocycles. The Labute approximate surface area is 121 Å². The van der Waals surface area contributed by atoms with E-state index in [1.165, 1.54) is 6.42 Å². The first-order chi connectivity index (χ1) is 9.45. The molecule has 2 atom stereocenters. The summed E-state index contributed by atoms with van der Waals surface area (Å²) in [5.74, 6) is 1.76. The van der Waals surface area contributed by atoms with Crippen LogP contribution in [0.4, 0.5) is 11.4 Å². The van der Waals surface area contributed by atoms with Gasteiger partial charge in [0.25, 0.3) is 0 Å². The molecular weight excluding hydrogens is 250 g/mol. The van der Waals surface area contributed by atoms with E-state index in [1.54, 1.807) is 0 Å². The maximum atomic E-state index is 12.0. The quantitative estimate of drug-likeness (QED) is 0.784. The van der Waals surface area contributed by atoms with E-state index in [-0.39, 0.29) is 5.91 Å². The molecule has 4 nitrogen and oxygen atoms in total. The van der Waals surface area contributed by atoms with E-state index in [4.69, 9.17) is 5.73 Å². The topological polar surface area (TPSA) is 58.4 Å². The minimum absolute atomic E-state index is 0.0635. The second-order valence-corrected chi connectivity index (χ2v) is 6.11. The maximum Gasteiger partial charge on any atom is 0.225 e. The van der Waals surface area contributed by atoms with Crippen LogP contribution in [0.2, 0.25) is 0 Å². The summed E-state index contributed by atoms with van der Waals surface area (Å²) >= 11 is 0. The van der Waals surface area contributed by atoms with E-state index in [2.05, 4.69) is 24.2 Å². The molecule has 20 heavy (non-hydrogen) atoms. The zero-order valence-corrected chi connectivity index (χ0v) is 12.6. The molecule has 3 N–H and O–H groups in total. The lowest BCUT2D eigenvalue weighted by Gasteiger charge is -2.16. The fourth-order valence-corrected chi connectivity index (χ4v) is 2.48. The molecular formula is C16H25N3O. The second-order valence-electron chi connectivity index (χ2n) is 6.11. The number of aryl methyl sites for hydroxylation is 1. The number of amides is 1. The van der Waals surface area contributed by atoms with Gasteiger partial charge in [-0.05, 0) is 56.0 Å². The lowest BCUT2D eigenvalue weighted by molar-refractivity contribution is -0.116. The number of carbonyl (C=O) groups is 1. The molecule has 1 aromatic rings. The molecule has 2 rings (SSSR count). The van der Waals surface area contributed by atoms with Crippen molar-refractivity contribution in [3.63, 3.8) is 0 Å². The van der Waals surface area contributed by atoms with Crippen molar-refractivity contribution < 1.29 is 4.79 Å². The van der Waals surface area contributed by atoms with Crippen molar-refractivity contribution in [3.05, 3.63) is 23.8 Å². The number of nitrogens with one attached hydrogen (secondary N) is 1. The van der Waals surface area contributed by atoms with Crippen molar-refractivity contribution in [2.75, 3.05) is 31.2 Å². The zero-order valence-electron chi connectivity index (χ0n) is 12.6. The van der Waals surface area contributed by atoms with E-state index in [0.29, 0.717) is 6.42 Å². The van der Waals surface area contributed by atoms with Crippen LogP contribution in [0.3, 0.4) is 0 Å². The SMILES string of the molecule is Cc1cc(N)ccc1NC(=O)CCN(C)CC1CC1C. The zero-order chi connectivity index (χ0) is 14.7. The van der Waals surface area contributed by atoms with Gasteiger partial charge in [0, 0.05) is 30.9 Å². The largest absolute Gasteiger partial charge is 0.399 e. The molecule has 0 saturated heterocycles. The third-order valence-electron chi connectivity index (χ3n) is 4.07. The van der Waals surface area contributed by atoms with Crippen LogP contribution in [0, 0.1) is 18.8 Å². The summed E-state index contributed by atoms with van der Waals surface area (Å²) in [5.41, 5.74) is 8.27. The van der Waals surface area contributed by atoms with Gasteiger partial charge in [0.1, 0.15) is 0 Å². The summed E-state index contributed by atoms with van der Waals surface area (Å²) in [5, 5.41) is 2.95. The number of carbonyl (C=O) groups excluding carboxylic acids is 1. The van der Waals surface area contributed by atoms with Gasteiger partial charge in [-0.1, -0.05) is 6.92 Å². The van der Waals surface area contributed by atoms with E-state index in [1.807, 2.05) is 25.1 Å². The van der Waals surface area contributed by atoms with Gasteiger partial charge in [-0.2, -0.15) is 0 Å². The van der Waals surface area contributed by atoms with Gasteiger partial charge in [0.05, 0.1) is 0 Å². The Hall–Kier alpha value is -1.55. The number of hydrogen-bond donors (Lipinski definition) is 2. The Balaban J connectivity index is 1.74. The van der Waals surface area contributed by atoms with Crippen LogP contribution in [0.15, 0.2) is 18.2 Å². The number of nitrogens with zero attached hydrogens (tertiary/aromatic N) is 1. The molecule has 1 amide bonds. The Kier molecular flexibility index (Phi) is 4.65. The summed E-state index contributed by atoms with van der Waals surface area (Å²) < 4.78 is 0. The van der Waals surface area contributed by atoms with Gasteiger partial charge in [0.15, 0.2) is 0 Å². The number of rotatable bonds is 6. The monoisotopic (exact) mass is 275 g/mol. The molecule has 0 aromatic heterocycles. The van der Waals surface area contributed by atoms with Gasteiger partial charge in [0.2, 0.25) is 5.91 Å². The van der Waals surface area contributed by atoms with Crippen molar-refractivity contribution in [2.24, 2.45) is 11.8 Å². The Morgan fingerprint density at radius 1 is 1.50 bits per heavy atom. The molecule has 1 aliphatic carbocycles. The smallest absolute Gasteiger partial charge is 0.225 e. The lowest BCUT2D eigenvalue weighted by Crippen LogP contribution is -2.26. The number of benzene rings is 1. The highest BCUT2D eigenvalue weighted by atomic mass is 16.1. The van der Waals surface area contributed by atoms with Crippen molar-refractivity contribution >= 4 is 17.3 Å². The third kappa shape index (κ3) is 4.23. The van der Waals surface area contributed by atoms with Crippen molar-refractivity contribution in [3.8, 4) is 0 Å². The van der Waals surface area contributed by atoms with Crippen LogP contribution in [0.1, 0.15) is 25.3 Å². The predicted molar refractivity (Wildman–Crippen MR) is 83.6 cm³/mol. The first-order valence-corrected chi connectivity index (χ1v) is 7.30. The van der Waals surface area contributed by atoms with Crippen LogP contribution in [-0.2, 0) is 4.79 Å². The highest BCUT2D eigenvalue weighted by molar-refractivity contribution is 5.91. The van der Waals surface area contributed by atoms with Gasteiger partial charge in [-0.15, -0.1) is 0 Å². The maximum absolute atomic E-state index is 12.0. The Morgan fingerprint density at radius 2 is 2.20 bits per heavy atom. The van der Waals surface area contributed by atoms with Crippen molar-refractivity contribution in [1.29, 1.82) is 0 Å². The molecule has 1 saturated carbocycles. The third-order valence-corrected chi connectivity index (χ3v) is 4.07. The highest BCUT2D eigenvalue weighted by Crippen LogP contribution is 2.37. The van der Waals surface area contributed by atoms with Crippen molar-refractivity contribution in [1.82, 2.24) is 4.90 Å². The van der Waals surface area contributed by atoms with Gasteiger partial charge >= 0.3 is 0 Å². The first-order valence-electron chi connectivity index (χ1n) is 7.30. The number of hydrogen-bond acceptors (Lipinski definition) is 3. The van der Waals surface area contributed by atoms with Crippen LogP contribution < -0.4 is 11.1 Å². The Bertz CT molecular complexity index is 487. The van der Waals surface area contributed by atoms with E-state index in [0.717, 1.165) is 41.9 Å². The summed E-state index contributed by atoms with van der Waals surface area (Å²) in [6, 6.07) is 5.54. The minimum Gasteiger partial charge on any atom is -0.399 e. The van der Waals surface area contributed by atoms with E-state index in [9.17, 15) is 4.79 Å². The fourth-order valence-electron chi connectivity index (χ4n) is 2.48. The summed E-state index contributed by atoms with van der Waals surface area (Å²) in [7, 11) is 2.09. The minimum atomic E-state index is 0.0635. The summed E-state index contributed by atoms with van der Waals surface area (Å²) in [6.07, 6.45) is 1.86. The average molecular weight is 275 g/mol. The molecule has 1 fully saturated rings. The van der Waals surface area contributed by atoms with Gasteiger partial charge in [-0.25, -0.2) is 0 Å². The van der Waals surface area contributed by atoms with Crippen molar-refractivity contribution in [2.45, 2.75) is 26.7 Å². The highest BCUT2D eigenvalue weighted by Gasteiger charge is 2.32. The normalized spacial score (nSPS) is 21.0. The van der Waals surface area contributed by atoms with Gasteiger partial charge in [-0.3, -0.25) is 4.79 Å². The number of anilines is 2. The summed E-state index contributed by atoms with van der Waals surface area (Å²) in [6.45, 7) is 6.15. The Morgan fingerprint density at radius 3 is 2.80 bits per heavy atom. The van der Waals surface area contributed by atoms with E-state index < -0.39 is 0 Å². The van der Waals surface area contributed by atoms with Crippen LogP contribution in [0.25, 0.3) is 0 Å². The van der Waals surface area contributed by atoms with Gasteiger partial charge < -0.3 is 16.0 Å². The van der Waals surface area contributed by atoms with Crippen LogP contribution in [-0.4, -0.2) is 30.9 Å². The average Bonchev–Trinajstić information content (AvgIpc) is 3.06. The molecule has 110 valence electrons. The van der Waals surface area contributed by atoms with E-state index >= 15 is 0 Å². The van der Waals surface area contributed by atoms with Crippen LogP contribution in [0.5, 0.6) is 0 Å². The lowest BCUT2D eigenvalue weighted by atomic mass is 10.1. The molecule has 0 bridgehead atoms. The molecule has 0 heterocycles. The standard InChI is InChI=1S/C16H25N3O/c1-11-8-13(11)10-19(3)7-6-16(20)18-15-5-4-14(17)9-12(15)2/h4-5,9,11,13H,6-8,10,17H2,1-3H3,(H,18,20).